The van der Waals surface area contributed by atoms with Crippen LogP contribution in [0.5, 0.6) is 5.75 Å². The lowest BCUT2D eigenvalue weighted by Crippen LogP contribution is -2.23. The van der Waals surface area contributed by atoms with Gasteiger partial charge in [0, 0.05) is 25.2 Å². The van der Waals surface area contributed by atoms with E-state index in [1.165, 1.54) is 7.11 Å². The number of ether oxygens (including phenoxy) is 1. The fourth-order valence-corrected chi connectivity index (χ4v) is 2.59. The van der Waals surface area contributed by atoms with Gasteiger partial charge in [0.15, 0.2) is 11.6 Å². The van der Waals surface area contributed by atoms with Gasteiger partial charge >= 0.3 is 5.97 Å². The first-order valence-electron chi connectivity index (χ1n) is 6.29. The largest absolute Gasteiger partial charge is 0.494 e. The summed E-state index contributed by atoms with van der Waals surface area (Å²) < 4.78 is 19.0. The molecule has 19 heavy (non-hydrogen) atoms. The van der Waals surface area contributed by atoms with Crippen LogP contribution in [0, 0.1) is 17.7 Å². The number of likely N-dealkylation sites (tertiary alicyclic amines) is 1. The van der Waals surface area contributed by atoms with Crippen LogP contribution >= 0.6 is 0 Å². The molecule has 1 aliphatic heterocycles. The molecule has 5 heteroatoms. The molecule has 1 N–H and O–H groups in total. The van der Waals surface area contributed by atoms with Crippen molar-refractivity contribution in [3.63, 3.8) is 0 Å². The molecule has 0 amide bonds. The Bertz CT molecular complexity index is 478. The number of halogens is 1. The van der Waals surface area contributed by atoms with Gasteiger partial charge in [-0.3, -0.25) is 9.69 Å². The van der Waals surface area contributed by atoms with Crippen LogP contribution in [0.2, 0.25) is 0 Å². The number of rotatable bonds is 4. The summed E-state index contributed by atoms with van der Waals surface area (Å²) in [5.41, 5.74) is 0.539. The van der Waals surface area contributed by atoms with E-state index in [2.05, 4.69) is 0 Å². The Morgan fingerprint density at radius 1 is 1.53 bits per heavy atom. The molecule has 0 aliphatic carbocycles. The Labute approximate surface area is 111 Å². The van der Waals surface area contributed by atoms with Crippen molar-refractivity contribution in [2.24, 2.45) is 11.8 Å². The molecule has 1 fully saturated rings. The highest BCUT2D eigenvalue weighted by Gasteiger charge is 2.34. The highest BCUT2D eigenvalue weighted by molar-refractivity contribution is 5.71. The zero-order valence-electron chi connectivity index (χ0n) is 11.1. The summed E-state index contributed by atoms with van der Waals surface area (Å²) in [6.45, 7) is 3.47. The van der Waals surface area contributed by atoms with E-state index in [1.807, 2.05) is 11.8 Å². The maximum atomic E-state index is 14.0. The molecular weight excluding hydrogens is 249 g/mol. The average Bonchev–Trinajstić information content (AvgIpc) is 2.73. The van der Waals surface area contributed by atoms with Gasteiger partial charge in [-0.05, 0) is 12.0 Å². The molecule has 1 saturated heterocycles. The van der Waals surface area contributed by atoms with Gasteiger partial charge in [0.2, 0.25) is 0 Å². The predicted octanol–water partition coefficient (Wildman–Crippen LogP) is 1.99. The molecule has 0 radical (unpaired) electrons. The van der Waals surface area contributed by atoms with Gasteiger partial charge in [-0.25, -0.2) is 4.39 Å². The fourth-order valence-electron chi connectivity index (χ4n) is 2.59. The number of nitrogens with zero attached hydrogens (tertiary/aromatic N) is 1. The van der Waals surface area contributed by atoms with E-state index in [4.69, 9.17) is 9.84 Å². The Balaban J connectivity index is 2.09. The molecular formula is C14H18FNO3. The SMILES string of the molecule is COc1cccc(CN2CC(C)C(C(=O)O)C2)c1F. The molecule has 1 heterocycles. The number of carbonyl (C=O) groups is 1. The van der Waals surface area contributed by atoms with Crippen molar-refractivity contribution in [2.45, 2.75) is 13.5 Å². The van der Waals surface area contributed by atoms with Crippen LogP contribution in [0.3, 0.4) is 0 Å². The summed E-state index contributed by atoms with van der Waals surface area (Å²) in [4.78, 5) is 13.0. The minimum Gasteiger partial charge on any atom is -0.494 e. The quantitative estimate of drug-likeness (QED) is 0.906. The maximum absolute atomic E-state index is 14.0. The number of carboxylic acid groups (broad SMARTS) is 1. The second kappa shape index (κ2) is 5.57. The third-order valence-electron chi connectivity index (χ3n) is 3.66. The molecule has 0 bridgehead atoms. The van der Waals surface area contributed by atoms with Crippen LogP contribution in [0.4, 0.5) is 4.39 Å². The summed E-state index contributed by atoms with van der Waals surface area (Å²) in [6, 6.07) is 5.02. The number of hydrogen-bond acceptors (Lipinski definition) is 3. The van der Waals surface area contributed by atoms with Crippen LogP contribution in [0.25, 0.3) is 0 Å². The zero-order valence-corrected chi connectivity index (χ0v) is 11.1. The van der Waals surface area contributed by atoms with Gasteiger partial charge in [0.05, 0.1) is 13.0 Å². The van der Waals surface area contributed by atoms with Gasteiger partial charge in [0.1, 0.15) is 0 Å². The highest BCUT2D eigenvalue weighted by Crippen LogP contribution is 2.27. The first-order chi connectivity index (χ1) is 9.02. The molecule has 0 spiro atoms. The normalized spacial score (nSPS) is 23.5. The van der Waals surface area contributed by atoms with Crippen molar-refractivity contribution in [3.8, 4) is 5.75 Å². The molecule has 2 unspecified atom stereocenters. The second-order valence-electron chi connectivity index (χ2n) is 5.05. The van der Waals surface area contributed by atoms with Gasteiger partial charge in [0.25, 0.3) is 0 Å². The molecule has 104 valence electrons. The summed E-state index contributed by atoms with van der Waals surface area (Å²) >= 11 is 0. The number of benzene rings is 1. The van der Waals surface area contributed by atoms with E-state index in [-0.39, 0.29) is 23.4 Å². The highest BCUT2D eigenvalue weighted by atomic mass is 19.1. The number of hydrogen-bond donors (Lipinski definition) is 1. The smallest absolute Gasteiger partial charge is 0.308 e. The van der Waals surface area contributed by atoms with Crippen molar-refractivity contribution in [2.75, 3.05) is 20.2 Å². The lowest BCUT2D eigenvalue weighted by Gasteiger charge is -2.16. The molecule has 1 aliphatic rings. The monoisotopic (exact) mass is 267 g/mol. The van der Waals surface area contributed by atoms with Crippen LogP contribution in [-0.2, 0) is 11.3 Å². The standard InChI is InChI=1S/C14H18FNO3/c1-9-6-16(8-11(9)14(17)18)7-10-4-3-5-12(19-2)13(10)15/h3-5,9,11H,6-8H2,1-2H3,(H,17,18). The topological polar surface area (TPSA) is 49.8 Å². The fraction of sp³-hybridized carbons (Fsp3) is 0.500. The van der Waals surface area contributed by atoms with Gasteiger partial charge in [-0.15, -0.1) is 0 Å². The Kier molecular flexibility index (Phi) is 4.04. The molecule has 2 rings (SSSR count). The lowest BCUT2D eigenvalue weighted by molar-refractivity contribution is -0.142. The van der Waals surface area contributed by atoms with E-state index in [1.54, 1.807) is 18.2 Å². The van der Waals surface area contributed by atoms with Crippen LogP contribution in [0.15, 0.2) is 18.2 Å². The summed E-state index contributed by atoms with van der Waals surface area (Å²) in [7, 11) is 1.43. The van der Waals surface area contributed by atoms with Crippen molar-refractivity contribution >= 4 is 5.97 Å². The van der Waals surface area contributed by atoms with Crippen molar-refractivity contribution in [1.82, 2.24) is 4.90 Å². The molecule has 1 aromatic carbocycles. The summed E-state index contributed by atoms with van der Waals surface area (Å²) in [6.07, 6.45) is 0. The van der Waals surface area contributed by atoms with Crippen molar-refractivity contribution in [1.29, 1.82) is 0 Å². The molecule has 2 atom stereocenters. The van der Waals surface area contributed by atoms with E-state index >= 15 is 0 Å². The van der Waals surface area contributed by atoms with Crippen molar-refractivity contribution in [3.05, 3.63) is 29.6 Å². The minimum atomic E-state index is -0.777. The first kappa shape index (κ1) is 13.8. The second-order valence-corrected chi connectivity index (χ2v) is 5.05. The van der Waals surface area contributed by atoms with Crippen LogP contribution < -0.4 is 4.74 Å². The maximum Gasteiger partial charge on any atom is 0.308 e. The van der Waals surface area contributed by atoms with E-state index < -0.39 is 5.97 Å². The number of carboxylic acids is 1. The Hall–Kier alpha value is -1.62. The molecule has 0 aromatic heterocycles. The third-order valence-corrected chi connectivity index (χ3v) is 3.66. The van der Waals surface area contributed by atoms with Crippen LogP contribution in [0.1, 0.15) is 12.5 Å². The molecule has 0 saturated carbocycles. The Morgan fingerprint density at radius 3 is 2.84 bits per heavy atom. The summed E-state index contributed by atoms with van der Waals surface area (Å²) in [5.74, 6) is -1.20. The minimum absolute atomic E-state index is 0.0890. The predicted molar refractivity (Wildman–Crippen MR) is 68.5 cm³/mol. The van der Waals surface area contributed by atoms with Gasteiger partial charge in [-0.2, -0.15) is 0 Å². The first-order valence-corrected chi connectivity index (χ1v) is 6.29. The van der Waals surface area contributed by atoms with E-state index in [0.29, 0.717) is 25.2 Å². The van der Waals surface area contributed by atoms with Crippen LogP contribution in [-0.4, -0.2) is 36.2 Å². The lowest BCUT2D eigenvalue weighted by atomic mass is 9.99. The third kappa shape index (κ3) is 2.87. The van der Waals surface area contributed by atoms with E-state index in [0.717, 1.165) is 0 Å². The number of methoxy groups -OCH3 is 1. The zero-order chi connectivity index (χ0) is 14.0. The van der Waals surface area contributed by atoms with Gasteiger partial charge < -0.3 is 9.84 Å². The number of aliphatic carboxylic acids is 1. The molecule has 1 aromatic rings. The molecule has 4 nitrogen and oxygen atoms in total. The van der Waals surface area contributed by atoms with Crippen molar-refractivity contribution < 1.29 is 19.0 Å². The van der Waals surface area contributed by atoms with E-state index in [9.17, 15) is 9.18 Å². The average molecular weight is 267 g/mol. The summed E-state index contributed by atoms with van der Waals surface area (Å²) in [5, 5.41) is 9.08. The Morgan fingerprint density at radius 2 is 2.26 bits per heavy atom. The van der Waals surface area contributed by atoms with Gasteiger partial charge in [-0.1, -0.05) is 19.1 Å².